The second-order valence-electron chi connectivity index (χ2n) is 10.4. The maximum atomic E-state index is 14.0. The zero-order valence-electron chi connectivity index (χ0n) is 19.3. The third-order valence-corrected chi connectivity index (χ3v) is 7.70. The van der Waals surface area contributed by atoms with Crippen LogP contribution in [0.25, 0.3) is 10.8 Å². The molecule has 2 aromatic rings. The van der Waals surface area contributed by atoms with Gasteiger partial charge in [-0.1, -0.05) is 39.0 Å². The lowest BCUT2D eigenvalue weighted by Gasteiger charge is -2.50. The van der Waals surface area contributed by atoms with Crippen LogP contribution < -0.4 is 10.1 Å². The van der Waals surface area contributed by atoms with E-state index < -0.39 is 17.7 Å². The maximum Gasteiger partial charge on any atom is 0.420 e. The highest BCUT2D eigenvalue weighted by molar-refractivity contribution is 5.89. The van der Waals surface area contributed by atoms with E-state index in [9.17, 15) is 23.1 Å². The molecule has 2 atom stereocenters. The molecule has 2 N–H and O–H groups in total. The van der Waals surface area contributed by atoms with Crippen LogP contribution in [0.15, 0.2) is 30.3 Å². The van der Waals surface area contributed by atoms with Gasteiger partial charge in [0.05, 0.1) is 12.0 Å². The lowest BCUT2D eigenvalue weighted by molar-refractivity contribution is -0.155. The van der Waals surface area contributed by atoms with Crippen LogP contribution in [0.4, 0.5) is 13.2 Å². The number of rotatable bonds is 6. The third kappa shape index (κ3) is 4.84. The van der Waals surface area contributed by atoms with Crippen molar-refractivity contribution in [2.45, 2.75) is 77.7 Å². The van der Waals surface area contributed by atoms with E-state index >= 15 is 0 Å². The Balaban J connectivity index is 1.53. The van der Waals surface area contributed by atoms with Crippen molar-refractivity contribution in [3.05, 3.63) is 41.5 Å². The zero-order valence-corrected chi connectivity index (χ0v) is 19.3. The highest BCUT2D eigenvalue weighted by atomic mass is 19.4. The van der Waals surface area contributed by atoms with E-state index in [2.05, 4.69) is 12.2 Å². The number of nitrogens with one attached hydrogen (secondary N) is 1. The fourth-order valence-corrected chi connectivity index (χ4v) is 5.32. The lowest BCUT2D eigenvalue weighted by atomic mass is 9.58. The molecule has 2 fully saturated rings. The van der Waals surface area contributed by atoms with Gasteiger partial charge >= 0.3 is 12.1 Å². The predicted molar refractivity (Wildman–Crippen MR) is 121 cm³/mol. The smallest absolute Gasteiger partial charge is 0.420 e. The molecule has 33 heavy (non-hydrogen) atoms. The van der Waals surface area contributed by atoms with E-state index in [4.69, 9.17) is 4.74 Å². The van der Waals surface area contributed by atoms with Gasteiger partial charge < -0.3 is 15.2 Å². The van der Waals surface area contributed by atoms with Gasteiger partial charge in [-0.25, -0.2) is 0 Å². The van der Waals surface area contributed by atoms with Crippen LogP contribution in [0.3, 0.4) is 0 Å². The number of hydrogen-bond donors (Lipinski definition) is 2. The first-order valence-corrected chi connectivity index (χ1v) is 11.7. The van der Waals surface area contributed by atoms with Crippen LogP contribution in [0, 0.1) is 17.3 Å². The molecule has 0 heterocycles. The summed E-state index contributed by atoms with van der Waals surface area (Å²) in [4.78, 5) is 11.3. The molecule has 2 unspecified atom stereocenters. The summed E-state index contributed by atoms with van der Waals surface area (Å²) in [5, 5.41) is 13.3. The second kappa shape index (κ2) is 8.82. The van der Waals surface area contributed by atoms with Gasteiger partial charge in [0.1, 0.15) is 11.3 Å². The number of benzene rings is 2. The number of halogens is 3. The van der Waals surface area contributed by atoms with E-state index in [-0.39, 0.29) is 34.6 Å². The molecular weight excluding hydrogens is 431 g/mol. The molecule has 2 aromatic carbocycles. The fourth-order valence-electron chi connectivity index (χ4n) is 5.32. The van der Waals surface area contributed by atoms with Crippen molar-refractivity contribution in [1.82, 2.24) is 5.32 Å². The van der Waals surface area contributed by atoms with Crippen LogP contribution in [0.2, 0.25) is 0 Å². The van der Waals surface area contributed by atoms with E-state index in [1.165, 1.54) is 12.1 Å². The Hall–Kier alpha value is -2.28. The number of alkyl halides is 3. The molecular formula is C26H32F3NO3. The summed E-state index contributed by atoms with van der Waals surface area (Å²) in [6, 6.07) is 8.20. The van der Waals surface area contributed by atoms with Crippen molar-refractivity contribution in [3.8, 4) is 5.75 Å². The SMILES string of the molecule is CC1(C)C(NCc2ccc3c(C(F)(F)F)c(O[C@H]4CC[C@@H](C)CC4)ccc3c2)CC1C(=O)O. The fraction of sp³-hybridized carbons (Fsp3) is 0.577. The van der Waals surface area contributed by atoms with Crippen LogP contribution >= 0.6 is 0 Å². The summed E-state index contributed by atoms with van der Waals surface area (Å²) >= 11 is 0. The van der Waals surface area contributed by atoms with Gasteiger partial charge in [-0.3, -0.25) is 4.79 Å². The quantitative estimate of drug-likeness (QED) is 0.520. The molecule has 0 spiro atoms. The molecule has 2 saturated carbocycles. The Kier molecular flexibility index (Phi) is 6.38. The topological polar surface area (TPSA) is 58.6 Å². The van der Waals surface area contributed by atoms with Gasteiger partial charge in [-0.05, 0) is 71.9 Å². The largest absolute Gasteiger partial charge is 0.490 e. The number of aliphatic carboxylic acids is 1. The molecule has 2 aliphatic carbocycles. The van der Waals surface area contributed by atoms with Crippen LogP contribution in [-0.2, 0) is 17.5 Å². The van der Waals surface area contributed by atoms with Crippen LogP contribution in [-0.4, -0.2) is 23.2 Å². The lowest BCUT2D eigenvalue weighted by Crippen LogP contribution is -2.58. The average Bonchev–Trinajstić information content (AvgIpc) is 2.73. The minimum atomic E-state index is -4.52. The van der Waals surface area contributed by atoms with E-state index in [0.717, 1.165) is 31.2 Å². The molecule has 180 valence electrons. The highest BCUT2D eigenvalue weighted by Gasteiger charge is 2.51. The molecule has 0 aromatic heterocycles. The van der Waals surface area contributed by atoms with Gasteiger partial charge in [0.2, 0.25) is 0 Å². The first-order chi connectivity index (χ1) is 15.5. The van der Waals surface area contributed by atoms with Gasteiger partial charge in [-0.2, -0.15) is 13.2 Å². The van der Waals surface area contributed by atoms with E-state index in [0.29, 0.717) is 24.3 Å². The molecule has 0 bridgehead atoms. The number of carboxylic acids is 1. The van der Waals surface area contributed by atoms with Crippen molar-refractivity contribution in [2.24, 2.45) is 17.3 Å². The summed E-state index contributed by atoms with van der Waals surface area (Å²) in [7, 11) is 0. The summed E-state index contributed by atoms with van der Waals surface area (Å²) in [6.45, 7) is 6.49. The van der Waals surface area contributed by atoms with Crippen LogP contribution in [0.5, 0.6) is 5.75 Å². The van der Waals surface area contributed by atoms with Crippen molar-refractivity contribution in [3.63, 3.8) is 0 Å². The number of hydrogen-bond acceptors (Lipinski definition) is 3. The number of carboxylic acid groups (broad SMARTS) is 1. The first kappa shape index (κ1) is 23.9. The Morgan fingerprint density at radius 3 is 2.45 bits per heavy atom. The molecule has 0 aliphatic heterocycles. The number of fused-ring (bicyclic) bond motifs is 1. The Bertz CT molecular complexity index is 1030. The van der Waals surface area contributed by atoms with Crippen LogP contribution in [0.1, 0.15) is 64.0 Å². The van der Waals surface area contributed by atoms with Crippen molar-refractivity contribution >= 4 is 16.7 Å². The van der Waals surface area contributed by atoms with E-state index in [1.807, 2.05) is 13.8 Å². The Morgan fingerprint density at radius 1 is 1.15 bits per heavy atom. The molecule has 0 saturated heterocycles. The molecule has 0 amide bonds. The van der Waals surface area contributed by atoms with E-state index in [1.54, 1.807) is 18.2 Å². The minimum Gasteiger partial charge on any atom is -0.490 e. The summed E-state index contributed by atoms with van der Waals surface area (Å²) < 4.78 is 48.0. The highest BCUT2D eigenvalue weighted by Crippen LogP contribution is 2.46. The average molecular weight is 464 g/mol. The summed E-state index contributed by atoms with van der Waals surface area (Å²) in [6.07, 6.45) is -0.638. The standard InChI is InChI=1S/C26H32F3NO3/c1-15-4-8-18(9-5-15)33-21-11-7-17-12-16(6-10-19(17)23(21)26(27,28)29)14-30-22-13-20(24(31)32)25(22,2)3/h6-7,10-12,15,18,20,22,30H,4-5,8-9,13-14H2,1-3H3,(H,31,32)/t15-,18+,20?,22?. The molecule has 0 radical (unpaired) electrons. The second-order valence-corrected chi connectivity index (χ2v) is 10.4. The third-order valence-electron chi connectivity index (χ3n) is 7.70. The zero-order chi connectivity index (χ0) is 24.0. The number of ether oxygens (including phenoxy) is 1. The maximum absolute atomic E-state index is 14.0. The number of carbonyl (C=O) groups is 1. The van der Waals surface area contributed by atoms with Crippen molar-refractivity contribution in [2.75, 3.05) is 0 Å². The van der Waals surface area contributed by atoms with Crippen molar-refractivity contribution < 1.29 is 27.8 Å². The summed E-state index contributed by atoms with van der Waals surface area (Å²) in [5.41, 5.74) is -0.211. The monoisotopic (exact) mass is 463 g/mol. The molecule has 4 nitrogen and oxygen atoms in total. The Morgan fingerprint density at radius 2 is 1.85 bits per heavy atom. The minimum absolute atomic E-state index is 0.0500. The summed E-state index contributed by atoms with van der Waals surface area (Å²) in [5.74, 6) is -0.664. The molecule has 2 aliphatic rings. The normalized spacial score (nSPS) is 27.2. The van der Waals surface area contributed by atoms with Gasteiger partial charge in [0.15, 0.2) is 0 Å². The first-order valence-electron chi connectivity index (χ1n) is 11.7. The van der Waals surface area contributed by atoms with Gasteiger partial charge in [0, 0.05) is 12.6 Å². The van der Waals surface area contributed by atoms with Gasteiger partial charge in [0.25, 0.3) is 0 Å². The Labute approximate surface area is 192 Å². The predicted octanol–water partition coefficient (Wildman–Crippen LogP) is 6.41. The molecule has 7 heteroatoms. The van der Waals surface area contributed by atoms with Crippen molar-refractivity contribution in [1.29, 1.82) is 0 Å². The molecule has 4 rings (SSSR count). The van der Waals surface area contributed by atoms with Gasteiger partial charge in [-0.15, -0.1) is 0 Å².